The van der Waals surface area contributed by atoms with Crippen molar-refractivity contribution in [2.45, 2.75) is 11.1 Å². The number of benzene rings is 1. The van der Waals surface area contributed by atoms with Crippen molar-refractivity contribution in [3.8, 4) is 0 Å². The molecule has 1 unspecified atom stereocenters. The Morgan fingerprint density at radius 1 is 1.56 bits per heavy atom. The fourth-order valence-corrected chi connectivity index (χ4v) is 3.25. The molecule has 0 radical (unpaired) electrons. The third-order valence-corrected chi connectivity index (χ3v) is 4.64. The van der Waals surface area contributed by atoms with E-state index in [2.05, 4.69) is 4.37 Å². The van der Waals surface area contributed by atoms with Gasteiger partial charge in [0, 0.05) is 11.1 Å². The maximum absolute atomic E-state index is 10.7. The molecule has 2 rings (SSSR count). The van der Waals surface area contributed by atoms with Crippen molar-refractivity contribution >= 4 is 40.2 Å². The number of thioether (sulfide) groups is 1. The van der Waals surface area contributed by atoms with Gasteiger partial charge in [0.25, 0.3) is 0 Å². The van der Waals surface area contributed by atoms with Crippen molar-refractivity contribution in [1.29, 1.82) is 0 Å². The molecule has 84 valence electrons. The maximum atomic E-state index is 10.7. The molecular weight excluding hydrogens is 242 g/mol. The lowest BCUT2D eigenvalue weighted by molar-refractivity contribution is -0.140. The van der Waals surface area contributed by atoms with Crippen molar-refractivity contribution in [3.63, 3.8) is 0 Å². The van der Waals surface area contributed by atoms with Crippen molar-refractivity contribution in [3.05, 3.63) is 24.3 Å². The second-order valence-electron chi connectivity index (χ2n) is 3.54. The van der Waals surface area contributed by atoms with Crippen molar-refractivity contribution in [1.82, 2.24) is 4.37 Å². The topological polar surface area (TPSA) is 50.2 Å². The molecule has 0 amide bonds. The summed E-state index contributed by atoms with van der Waals surface area (Å²) in [5.74, 6) is -0.492. The molecule has 1 N–H and O–H groups in total. The van der Waals surface area contributed by atoms with Crippen LogP contribution in [0.15, 0.2) is 28.5 Å². The summed E-state index contributed by atoms with van der Waals surface area (Å²) >= 11 is 3.00. The molecule has 16 heavy (non-hydrogen) atoms. The summed E-state index contributed by atoms with van der Waals surface area (Å²) in [5.41, 5.74) is 0.984. The van der Waals surface area contributed by atoms with Crippen LogP contribution in [0.25, 0.3) is 10.9 Å². The van der Waals surface area contributed by atoms with E-state index < -0.39 is 5.97 Å². The molecule has 0 aliphatic carbocycles. The lowest BCUT2D eigenvalue weighted by atomic mass is 10.2. The van der Waals surface area contributed by atoms with Gasteiger partial charge in [0.2, 0.25) is 0 Å². The minimum atomic E-state index is -0.749. The molecule has 0 saturated heterocycles. The van der Waals surface area contributed by atoms with Gasteiger partial charge < -0.3 is 5.11 Å². The second kappa shape index (κ2) is 4.84. The number of nitrogens with zero attached hydrogens (tertiary/aromatic N) is 1. The SMILES string of the molecule is CC(CSc1snc2ccccc12)C(=O)O. The number of carbonyl (C=O) groups is 1. The summed E-state index contributed by atoms with van der Waals surface area (Å²) in [7, 11) is 0. The quantitative estimate of drug-likeness (QED) is 0.851. The van der Waals surface area contributed by atoms with Gasteiger partial charge in [-0.25, -0.2) is 0 Å². The normalized spacial score (nSPS) is 12.8. The molecule has 0 aliphatic rings. The molecule has 1 aromatic carbocycles. The zero-order chi connectivity index (χ0) is 11.5. The average molecular weight is 253 g/mol. The Morgan fingerprint density at radius 2 is 2.31 bits per heavy atom. The van der Waals surface area contributed by atoms with Crippen LogP contribution in [0.2, 0.25) is 0 Å². The maximum Gasteiger partial charge on any atom is 0.307 e. The first-order valence-electron chi connectivity index (χ1n) is 4.88. The van der Waals surface area contributed by atoms with Gasteiger partial charge in [0.15, 0.2) is 0 Å². The van der Waals surface area contributed by atoms with Gasteiger partial charge in [-0.3, -0.25) is 4.79 Å². The Labute approximate surface area is 102 Å². The average Bonchev–Trinajstić information content (AvgIpc) is 2.69. The van der Waals surface area contributed by atoms with Crippen molar-refractivity contribution in [2.24, 2.45) is 5.92 Å². The number of carboxylic acid groups (broad SMARTS) is 1. The van der Waals surface area contributed by atoms with Crippen LogP contribution in [0.3, 0.4) is 0 Å². The standard InChI is InChI=1S/C11H11NO2S2/c1-7(10(13)14)6-15-11-8-4-2-3-5-9(8)12-16-11/h2-5,7H,6H2,1H3,(H,13,14). The van der Waals surface area contributed by atoms with Crippen molar-refractivity contribution < 1.29 is 9.90 Å². The van der Waals surface area contributed by atoms with E-state index in [-0.39, 0.29) is 5.92 Å². The number of aromatic nitrogens is 1. The molecule has 0 aliphatic heterocycles. The first kappa shape index (κ1) is 11.4. The number of aliphatic carboxylic acids is 1. The van der Waals surface area contributed by atoms with E-state index in [0.29, 0.717) is 5.75 Å². The number of hydrogen-bond donors (Lipinski definition) is 1. The van der Waals surface area contributed by atoms with E-state index in [9.17, 15) is 4.79 Å². The Kier molecular flexibility index (Phi) is 3.46. The van der Waals surface area contributed by atoms with Gasteiger partial charge >= 0.3 is 5.97 Å². The third-order valence-electron chi connectivity index (χ3n) is 2.24. The molecule has 0 saturated carbocycles. The number of rotatable bonds is 4. The summed E-state index contributed by atoms with van der Waals surface area (Å²) in [6, 6.07) is 7.92. The zero-order valence-corrected chi connectivity index (χ0v) is 10.3. The van der Waals surface area contributed by atoms with Crippen LogP contribution in [0.5, 0.6) is 0 Å². The summed E-state index contributed by atoms with van der Waals surface area (Å²) < 4.78 is 5.42. The minimum absolute atomic E-state index is 0.328. The van der Waals surface area contributed by atoms with Crippen LogP contribution >= 0.6 is 23.3 Å². The van der Waals surface area contributed by atoms with E-state index in [1.54, 1.807) is 18.7 Å². The number of hydrogen-bond acceptors (Lipinski definition) is 4. The lowest BCUT2D eigenvalue weighted by Gasteiger charge is -2.03. The molecule has 0 spiro atoms. The van der Waals surface area contributed by atoms with Gasteiger partial charge in [-0.1, -0.05) is 25.1 Å². The molecule has 3 nitrogen and oxygen atoms in total. The fourth-order valence-electron chi connectivity index (χ4n) is 1.24. The molecule has 1 aromatic heterocycles. The van der Waals surface area contributed by atoms with Crippen LogP contribution in [0, 0.1) is 5.92 Å². The third kappa shape index (κ3) is 2.36. The van der Waals surface area contributed by atoms with Crippen LogP contribution in [-0.4, -0.2) is 21.2 Å². The fraction of sp³-hybridized carbons (Fsp3) is 0.273. The first-order valence-corrected chi connectivity index (χ1v) is 6.64. The molecule has 1 atom stereocenters. The minimum Gasteiger partial charge on any atom is -0.481 e. The zero-order valence-electron chi connectivity index (χ0n) is 8.71. The second-order valence-corrected chi connectivity index (χ2v) is 5.60. The highest BCUT2D eigenvalue weighted by atomic mass is 32.2. The monoisotopic (exact) mass is 253 g/mol. The summed E-state index contributed by atoms with van der Waals surface area (Å²) in [5, 5.41) is 9.92. The Morgan fingerprint density at radius 3 is 3.06 bits per heavy atom. The van der Waals surface area contributed by atoms with Crippen LogP contribution < -0.4 is 0 Å². The van der Waals surface area contributed by atoms with Crippen LogP contribution in [0.1, 0.15) is 6.92 Å². The molecule has 2 aromatic rings. The summed E-state index contributed by atoms with van der Waals surface area (Å²) in [4.78, 5) is 10.7. The predicted octanol–water partition coefficient (Wildman–Crippen LogP) is 3.11. The lowest BCUT2D eigenvalue weighted by Crippen LogP contribution is -2.11. The van der Waals surface area contributed by atoms with Crippen LogP contribution in [-0.2, 0) is 4.79 Å². The predicted molar refractivity (Wildman–Crippen MR) is 67.1 cm³/mol. The molecular formula is C11H11NO2S2. The van der Waals surface area contributed by atoms with E-state index in [0.717, 1.165) is 15.1 Å². The van der Waals surface area contributed by atoms with E-state index in [4.69, 9.17) is 5.11 Å². The number of fused-ring (bicyclic) bond motifs is 1. The van der Waals surface area contributed by atoms with Gasteiger partial charge in [-0.15, -0.1) is 11.8 Å². The number of carboxylic acids is 1. The van der Waals surface area contributed by atoms with Gasteiger partial charge in [0.05, 0.1) is 15.6 Å². The molecule has 0 fully saturated rings. The van der Waals surface area contributed by atoms with E-state index in [1.807, 2.05) is 24.3 Å². The molecule has 5 heteroatoms. The van der Waals surface area contributed by atoms with Crippen molar-refractivity contribution in [2.75, 3.05) is 5.75 Å². The highest BCUT2D eigenvalue weighted by Crippen LogP contribution is 2.32. The largest absolute Gasteiger partial charge is 0.481 e. The Balaban J connectivity index is 2.13. The van der Waals surface area contributed by atoms with Crippen LogP contribution in [0.4, 0.5) is 0 Å². The highest BCUT2D eigenvalue weighted by molar-refractivity contribution is 8.01. The van der Waals surface area contributed by atoms with Gasteiger partial charge in [0.1, 0.15) is 0 Å². The molecule has 0 bridgehead atoms. The Hall–Kier alpha value is -1.07. The Bertz CT molecular complexity index is 509. The van der Waals surface area contributed by atoms with E-state index >= 15 is 0 Å². The molecule has 1 heterocycles. The van der Waals surface area contributed by atoms with Gasteiger partial charge in [-0.05, 0) is 17.6 Å². The summed E-state index contributed by atoms with van der Waals surface area (Å²) in [6.45, 7) is 1.72. The van der Waals surface area contributed by atoms with E-state index in [1.165, 1.54) is 11.5 Å². The summed E-state index contributed by atoms with van der Waals surface area (Å²) in [6.07, 6.45) is 0. The first-order chi connectivity index (χ1) is 7.68. The van der Waals surface area contributed by atoms with Gasteiger partial charge in [-0.2, -0.15) is 4.37 Å². The smallest absolute Gasteiger partial charge is 0.307 e. The highest BCUT2D eigenvalue weighted by Gasteiger charge is 2.13.